The number of aromatic nitrogens is 2. The second-order valence-corrected chi connectivity index (χ2v) is 3.96. The summed E-state index contributed by atoms with van der Waals surface area (Å²) in [7, 11) is 6.08. The van der Waals surface area contributed by atoms with Gasteiger partial charge in [-0.2, -0.15) is 0 Å². The van der Waals surface area contributed by atoms with Crippen molar-refractivity contribution < 1.29 is 20.1 Å². The SMILES string of the molecule is CO.[B]C(O)(O)C1CCC(n2ccc(=O)[nH]c2=O)O1. The van der Waals surface area contributed by atoms with Crippen LogP contribution in [0.4, 0.5) is 0 Å². The van der Waals surface area contributed by atoms with E-state index in [4.69, 9.17) is 27.9 Å². The molecule has 1 aromatic rings. The lowest BCUT2D eigenvalue weighted by Crippen LogP contribution is -2.43. The van der Waals surface area contributed by atoms with Gasteiger partial charge in [-0.05, 0) is 12.8 Å². The predicted octanol–water partition coefficient (Wildman–Crippen LogP) is -2.37. The summed E-state index contributed by atoms with van der Waals surface area (Å²) in [6, 6.07) is 1.19. The van der Waals surface area contributed by atoms with Crippen molar-refractivity contribution in [1.29, 1.82) is 0 Å². The number of aromatic amines is 1. The van der Waals surface area contributed by atoms with Gasteiger partial charge >= 0.3 is 5.69 Å². The van der Waals surface area contributed by atoms with Gasteiger partial charge in [-0.25, -0.2) is 4.79 Å². The molecule has 104 valence electrons. The van der Waals surface area contributed by atoms with Crippen LogP contribution < -0.4 is 11.2 Å². The van der Waals surface area contributed by atoms with Gasteiger partial charge in [0.05, 0.1) is 0 Å². The maximum absolute atomic E-state index is 11.5. The molecule has 0 bridgehead atoms. The molecule has 19 heavy (non-hydrogen) atoms. The van der Waals surface area contributed by atoms with E-state index in [2.05, 4.69) is 4.98 Å². The monoisotopic (exact) mass is 270 g/mol. The Morgan fingerprint density at radius 2 is 2.05 bits per heavy atom. The lowest BCUT2D eigenvalue weighted by atomic mass is 9.88. The van der Waals surface area contributed by atoms with Gasteiger partial charge in [0.2, 0.25) is 0 Å². The summed E-state index contributed by atoms with van der Waals surface area (Å²) < 4.78 is 6.42. The van der Waals surface area contributed by atoms with Crippen molar-refractivity contribution in [2.24, 2.45) is 0 Å². The number of aliphatic hydroxyl groups excluding tert-OH is 1. The minimum atomic E-state index is -2.43. The standard InChI is InChI=1S/C9H11BN2O5.CH4O/c10-9(15,16)5-1-2-7(17-5)12-4-3-6(13)11-8(12)14;1-2/h3-5,7,15-16H,1-2H2,(H,11,13,14);2H,1H3. The van der Waals surface area contributed by atoms with Crippen molar-refractivity contribution in [2.75, 3.05) is 7.11 Å². The second kappa shape index (κ2) is 6.15. The smallest absolute Gasteiger partial charge is 0.330 e. The predicted molar refractivity (Wildman–Crippen MR) is 65.5 cm³/mol. The average molecular weight is 270 g/mol. The Morgan fingerprint density at radius 3 is 2.53 bits per heavy atom. The van der Waals surface area contributed by atoms with Gasteiger partial charge in [0.1, 0.15) is 18.0 Å². The molecule has 9 heteroatoms. The quantitative estimate of drug-likeness (QED) is 0.351. The average Bonchev–Trinajstić information content (AvgIpc) is 2.80. The van der Waals surface area contributed by atoms with Crippen molar-refractivity contribution >= 4 is 7.85 Å². The van der Waals surface area contributed by atoms with Crippen LogP contribution in [0.15, 0.2) is 21.9 Å². The van der Waals surface area contributed by atoms with E-state index >= 15 is 0 Å². The summed E-state index contributed by atoms with van der Waals surface area (Å²) in [5.41, 5.74) is -3.54. The van der Waals surface area contributed by atoms with Gasteiger partial charge < -0.3 is 20.1 Å². The maximum Gasteiger partial charge on any atom is 0.330 e. The van der Waals surface area contributed by atoms with E-state index in [1.807, 2.05) is 0 Å². The number of aliphatic hydroxyl groups is 3. The van der Waals surface area contributed by atoms with Gasteiger partial charge in [0.15, 0.2) is 7.85 Å². The third-order valence-corrected chi connectivity index (χ3v) is 2.63. The van der Waals surface area contributed by atoms with E-state index in [0.717, 1.165) is 7.11 Å². The molecule has 1 aliphatic rings. The molecule has 1 aliphatic heterocycles. The molecule has 0 saturated carbocycles. The highest BCUT2D eigenvalue weighted by Gasteiger charge is 2.37. The lowest BCUT2D eigenvalue weighted by Gasteiger charge is -2.25. The van der Waals surface area contributed by atoms with E-state index in [1.54, 1.807) is 0 Å². The molecule has 4 N–H and O–H groups in total. The number of rotatable bonds is 2. The molecule has 2 rings (SSSR count). The number of nitrogens with one attached hydrogen (secondary N) is 1. The first kappa shape index (κ1) is 15.6. The van der Waals surface area contributed by atoms with Gasteiger partial charge in [-0.3, -0.25) is 14.3 Å². The molecule has 2 atom stereocenters. The molecule has 2 unspecified atom stereocenters. The Labute approximate surface area is 109 Å². The van der Waals surface area contributed by atoms with E-state index in [0.29, 0.717) is 12.8 Å². The maximum atomic E-state index is 11.5. The molecular weight excluding hydrogens is 255 g/mol. The fourth-order valence-corrected chi connectivity index (χ4v) is 1.79. The number of H-pyrrole nitrogens is 1. The molecule has 2 heterocycles. The normalized spacial score (nSPS) is 22.7. The highest BCUT2D eigenvalue weighted by molar-refractivity contribution is 6.13. The number of ether oxygens (including phenoxy) is 1. The molecule has 1 fully saturated rings. The first-order chi connectivity index (χ1) is 8.88. The third-order valence-electron chi connectivity index (χ3n) is 2.63. The largest absolute Gasteiger partial charge is 0.400 e. The number of hydrogen-bond donors (Lipinski definition) is 4. The molecule has 0 spiro atoms. The minimum absolute atomic E-state index is 0.305. The van der Waals surface area contributed by atoms with Crippen molar-refractivity contribution in [1.82, 2.24) is 9.55 Å². The molecule has 2 radical (unpaired) electrons. The van der Waals surface area contributed by atoms with E-state index in [-0.39, 0.29) is 0 Å². The fourth-order valence-electron chi connectivity index (χ4n) is 1.79. The molecule has 8 nitrogen and oxygen atoms in total. The fraction of sp³-hybridized carbons (Fsp3) is 0.600. The zero-order valence-electron chi connectivity index (χ0n) is 10.3. The minimum Gasteiger partial charge on any atom is -0.400 e. The summed E-state index contributed by atoms with van der Waals surface area (Å²) in [5.74, 6) is 0. The Kier molecular flexibility index (Phi) is 5.07. The van der Waals surface area contributed by atoms with Crippen LogP contribution in [0.25, 0.3) is 0 Å². The highest BCUT2D eigenvalue weighted by Crippen LogP contribution is 2.30. The summed E-state index contributed by atoms with van der Waals surface area (Å²) in [4.78, 5) is 24.4. The molecule has 0 aliphatic carbocycles. The summed E-state index contributed by atoms with van der Waals surface area (Å²) in [5, 5.41) is 25.3. The first-order valence-electron chi connectivity index (χ1n) is 5.53. The summed E-state index contributed by atoms with van der Waals surface area (Å²) in [6.07, 6.45) is 0.371. The van der Waals surface area contributed by atoms with Gasteiger partial charge in [-0.15, -0.1) is 0 Å². The summed E-state index contributed by atoms with van der Waals surface area (Å²) >= 11 is 0. The van der Waals surface area contributed by atoms with Crippen LogP contribution in [-0.2, 0) is 4.74 Å². The Balaban J connectivity index is 0.000000861. The third kappa shape index (κ3) is 3.77. The summed E-state index contributed by atoms with van der Waals surface area (Å²) in [6.45, 7) is 0. The van der Waals surface area contributed by atoms with Crippen LogP contribution >= 0.6 is 0 Å². The van der Waals surface area contributed by atoms with Gasteiger partial charge in [0.25, 0.3) is 5.56 Å². The zero-order chi connectivity index (χ0) is 14.6. The number of hydrogen-bond acceptors (Lipinski definition) is 6. The van der Waals surface area contributed by atoms with Crippen LogP contribution in [-0.4, -0.2) is 51.6 Å². The number of nitrogens with zero attached hydrogens (tertiary/aromatic N) is 1. The molecule has 0 amide bonds. The van der Waals surface area contributed by atoms with Crippen LogP contribution in [0.2, 0.25) is 0 Å². The van der Waals surface area contributed by atoms with Crippen molar-refractivity contribution in [3.05, 3.63) is 33.1 Å². The Morgan fingerprint density at radius 1 is 1.42 bits per heavy atom. The van der Waals surface area contributed by atoms with E-state index in [9.17, 15) is 9.59 Å². The Bertz CT molecular complexity index is 520. The topological polar surface area (TPSA) is 125 Å². The lowest BCUT2D eigenvalue weighted by molar-refractivity contribution is -0.183. The van der Waals surface area contributed by atoms with E-state index in [1.165, 1.54) is 16.8 Å². The van der Waals surface area contributed by atoms with Crippen molar-refractivity contribution in [3.8, 4) is 0 Å². The van der Waals surface area contributed by atoms with Gasteiger partial charge in [-0.1, -0.05) is 0 Å². The van der Waals surface area contributed by atoms with Gasteiger partial charge in [0, 0.05) is 19.4 Å². The van der Waals surface area contributed by atoms with Crippen LogP contribution in [0.1, 0.15) is 19.1 Å². The molecule has 1 aromatic heterocycles. The van der Waals surface area contributed by atoms with E-state index < -0.39 is 29.3 Å². The Hall–Kier alpha value is -1.42. The first-order valence-corrected chi connectivity index (χ1v) is 5.53. The molecular formula is C10H15BN2O6. The van der Waals surface area contributed by atoms with Crippen LogP contribution in [0.3, 0.4) is 0 Å². The molecule has 0 aromatic carbocycles. The van der Waals surface area contributed by atoms with Crippen LogP contribution in [0, 0.1) is 0 Å². The van der Waals surface area contributed by atoms with Crippen molar-refractivity contribution in [2.45, 2.75) is 30.9 Å². The van der Waals surface area contributed by atoms with Crippen LogP contribution in [0.5, 0.6) is 0 Å². The second-order valence-electron chi connectivity index (χ2n) is 3.96. The zero-order valence-corrected chi connectivity index (χ0v) is 10.3. The molecule has 1 saturated heterocycles. The highest BCUT2D eigenvalue weighted by atomic mass is 16.6. The van der Waals surface area contributed by atoms with Crippen molar-refractivity contribution in [3.63, 3.8) is 0 Å².